The van der Waals surface area contributed by atoms with Gasteiger partial charge in [0.15, 0.2) is 0 Å². The van der Waals surface area contributed by atoms with E-state index in [-0.39, 0.29) is 12.5 Å². The standard InChI is InChI=1S/C13H13NO3S/c1-14(7-12(15)17-2)13(16)10-8-18-11-6-4-3-5-9(10)11/h3-6,8H,7H2,1-2H3. The minimum Gasteiger partial charge on any atom is -0.468 e. The molecule has 0 aliphatic carbocycles. The van der Waals surface area contributed by atoms with E-state index in [1.165, 1.54) is 23.3 Å². The number of esters is 1. The number of likely N-dealkylation sites (N-methyl/N-ethyl adjacent to an activating group) is 1. The fourth-order valence-corrected chi connectivity index (χ4v) is 2.61. The number of thiophene rings is 1. The van der Waals surface area contributed by atoms with Gasteiger partial charge in [-0.3, -0.25) is 9.59 Å². The van der Waals surface area contributed by atoms with Crippen molar-refractivity contribution in [3.63, 3.8) is 0 Å². The number of fused-ring (bicyclic) bond motifs is 1. The normalized spacial score (nSPS) is 10.3. The topological polar surface area (TPSA) is 46.6 Å². The first-order valence-corrected chi connectivity index (χ1v) is 6.30. The quantitative estimate of drug-likeness (QED) is 0.797. The van der Waals surface area contributed by atoms with Gasteiger partial charge in [-0.2, -0.15) is 0 Å². The van der Waals surface area contributed by atoms with Gasteiger partial charge in [0.25, 0.3) is 5.91 Å². The molecule has 0 fully saturated rings. The molecule has 2 rings (SSSR count). The maximum atomic E-state index is 12.2. The summed E-state index contributed by atoms with van der Waals surface area (Å²) in [6.45, 7) is -0.0422. The van der Waals surface area contributed by atoms with E-state index in [0.717, 1.165) is 10.1 Å². The number of carbonyl (C=O) groups is 2. The van der Waals surface area contributed by atoms with Crippen LogP contribution in [-0.2, 0) is 9.53 Å². The summed E-state index contributed by atoms with van der Waals surface area (Å²) in [6, 6.07) is 7.71. The van der Waals surface area contributed by atoms with Gasteiger partial charge in [-0.05, 0) is 6.07 Å². The summed E-state index contributed by atoms with van der Waals surface area (Å²) in [6.07, 6.45) is 0. The number of nitrogens with zero attached hydrogens (tertiary/aromatic N) is 1. The highest BCUT2D eigenvalue weighted by molar-refractivity contribution is 7.17. The monoisotopic (exact) mass is 263 g/mol. The number of hydrogen-bond acceptors (Lipinski definition) is 4. The van der Waals surface area contributed by atoms with Crippen LogP contribution in [0.4, 0.5) is 0 Å². The molecule has 2 aromatic rings. The van der Waals surface area contributed by atoms with Crippen molar-refractivity contribution in [3.05, 3.63) is 35.2 Å². The molecular formula is C13H13NO3S. The molecule has 1 aromatic carbocycles. The Hall–Kier alpha value is -1.88. The van der Waals surface area contributed by atoms with E-state index in [2.05, 4.69) is 4.74 Å². The molecule has 0 unspecified atom stereocenters. The Morgan fingerprint density at radius 1 is 1.33 bits per heavy atom. The molecule has 1 heterocycles. The van der Waals surface area contributed by atoms with Crippen LogP contribution in [0.5, 0.6) is 0 Å². The van der Waals surface area contributed by atoms with Crippen LogP contribution in [0.2, 0.25) is 0 Å². The molecule has 0 radical (unpaired) electrons. The van der Waals surface area contributed by atoms with Gasteiger partial charge >= 0.3 is 5.97 Å². The average molecular weight is 263 g/mol. The number of ether oxygens (including phenoxy) is 1. The highest BCUT2D eigenvalue weighted by atomic mass is 32.1. The fraction of sp³-hybridized carbons (Fsp3) is 0.231. The smallest absolute Gasteiger partial charge is 0.325 e. The van der Waals surface area contributed by atoms with Crippen LogP contribution < -0.4 is 0 Å². The van der Waals surface area contributed by atoms with E-state index in [4.69, 9.17) is 0 Å². The van der Waals surface area contributed by atoms with E-state index in [1.807, 2.05) is 29.6 Å². The Balaban J connectivity index is 2.25. The zero-order chi connectivity index (χ0) is 13.1. The van der Waals surface area contributed by atoms with Crippen LogP contribution in [-0.4, -0.2) is 37.5 Å². The molecule has 0 aliphatic rings. The number of benzene rings is 1. The predicted molar refractivity (Wildman–Crippen MR) is 70.8 cm³/mol. The lowest BCUT2D eigenvalue weighted by Crippen LogP contribution is -2.32. The van der Waals surface area contributed by atoms with Crippen LogP contribution in [0.1, 0.15) is 10.4 Å². The molecule has 5 heteroatoms. The number of methoxy groups -OCH3 is 1. The minimum atomic E-state index is -0.426. The molecule has 0 bridgehead atoms. The molecule has 0 saturated heterocycles. The van der Waals surface area contributed by atoms with Gasteiger partial charge in [0.1, 0.15) is 6.54 Å². The molecule has 0 N–H and O–H groups in total. The first kappa shape index (κ1) is 12.6. The maximum absolute atomic E-state index is 12.2. The number of rotatable bonds is 3. The Bertz CT molecular complexity index is 591. The van der Waals surface area contributed by atoms with Crippen molar-refractivity contribution in [2.75, 3.05) is 20.7 Å². The molecule has 4 nitrogen and oxygen atoms in total. The van der Waals surface area contributed by atoms with Crippen LogP contribution in [0, 0.1) is 0 Å². The van der Waals surface area contributed by atoms with Gasteiger partial charge in [-0.15, -0.1) is 11.3 Å². The van der Waals surface area contributed by atoms with Crippen molar-refractivity contribution in [1.82, 2.24) is 4.90 Å². The Labute approximate surface area is 109 Å². The van der Waals surface area contributed by atoms with E-state index in [0.29, 0.717) is 5.56 Å². The van der Waals surface area contributed by atoms with Gasteiger partial charge in [0.05, 0.1) is 12.7 Å². The van der Waals surface area contributed by atoms with Gasteiger partial charge in [0, 0.05) is 22.5 Å². The van der Waals surface area contributed by atoms with E-state index in [1.54, 1.807) is 7.05 Å². The Kier molecular flexibility index (Phi) is 3.62. The van der Waals surface area contributed by atoms with Crippen molar-refractivity contribution in [2.45, 2.75) is 0 Å². The Morgan fingerprint density at radius 2 is 2.06 bits per heavy atom. The molecular weight excluding hydrogens is 250 g/mol. The van der Waals surface area contributed by atoms with Gasteiger partial charge in [-0.1, -0.05) is 18.2 Å². The Morgan fingerprint density at radius 3 is 2.78 bits per heavy atom. The average Bonchev–Trinajstić information content (AvgIpc) is 2.81. The minimum absolute atomic E-state index is 0.0422. The lowest BCUT2D eigenvalue weighted by atomic mass is 10.1. The van der Waals surface area contributed by atoms with E-state index >= 15 is 0 Å². The summed E-state index contributed by atoms with van der Waals surface area (Å²) < 4.78 is 5.61. The number of hydrogen-bond donors (Lipinski definition) is 0. The van der Waals surface area contributed by atoms with Crippen molar-refractivity contribution in [3.8, 4) is 0 Å². The zero-order valence-corrected chi connectivity index (χ0v) is 11.0. The highest BCUT2D eigenvalue weighted by Gasteiger charge is 2.18. The van der Waals surface area contributed by atoms with Gasteiger partial charge in [0.2, 0.25) is 0 Å². The molecule has 94 valence electrons. The largest absolute Gasteiger partial charge is 0.468 e. The summed E-state index contributed by atoms with van der Waals surface area (Å²) >= 11 is 1.52. The second-order valence-electron chi connectivity index (χ2n) is 3.88. The van der Waals surface area contributed by atoms with E-state index in [9.17, 15) is 9.59 Å². The third kappa shape index (κ3) is 2.36. The molecule has 18 heavy (non-hydrogen) atoms. The lowest BCUT2D eigenvalue weighted by Gasteiger charge is -2.14. The summed E-state index contributed by atoms with van der Waals surface area (Å²) in [4.78, 5) is 24.7. The first-order valence-electron chi connectivity index (χ1n) is 5.42. The summed E-state index contributed by atoms with van der Waals surface area (Å²) in [5.41, 5.74) is 0.627. The van der Waals surface area contributed by atoms with Crippen molar-refractivity contribution in [2.24, 2.45) is 0 Å². The number of amides is 1. The summed E-state index contributed by atoms with van der Waals surface area (Å²) in [5, 5.41) is 2.74. The number of carbonyl (C=O) groups excluding carboxylic acids is 2. The van der Waals surface area contributed by atoms with Crippen LogP contribution in [0.15, 0.2) is 29.6 Å². The second kappa shape index (κ2) is 5.18. The predicted octanol–water partition coefficient (Wildman–Crippen LogP) is 2.15. The lowest BCUT2D eigenvalue weighted by molar-refractivity contribution is -0.141. The third-order valence-electron chi connectivity index (χ3n) is 2.65. The van der Waals surface area contributed by atoms with E-state index < -0.39 is 5.97 Å². The molecule has 1 amide bonds. The summed E-state index contributed by atoms with van der Waals surface area (Å²) in [7, 11) is 2.90. The zero-order valence-electron chi connectivity index (χ0n) is 10.2. The maximum Gasteiger partial charge on any atom is 0.325 e. The fourth-order valence-electron chi connectivity index (χ4n) is 1.68. The molecule has 0 aliphatic heterocycles. The van der Waals surface area contributed by atoms with Crippen LogP contribution in [0.25, 0.3) is 10.1 Å². The van der Waals surface area contributed by atoms with Gasteiger partial charge < -0.3 is 9.64 Å². The van der Waals surface area contributed by atoms with Crippen molar-refractivity contribution >= 4 is 33.3 Å². The molecule has 1 aromatic heterocycles. The second-order valence-corrected chi connectivity index (χ2v) is 4.79. The van der Waals surface area contributed by atoms with Crippen molar-refractivity contribution < 1.29 is 14.3 Å². The molecule has 0 saturated carbocycles. The van der Waals surface area contributed by atoms with Crippen molar-refractivity contribution in [1.29, 1.82) is 0 Å². The molecule has 0 spiro atoms. The third-order valence-corrected chi connectivity index (χ3v) is 3.62. The first-order chi connectivity index (χ1) is 8.63. The summed E-state index contributed by atoms with van der Waals surface area (Å²) in [5.74, 6) is -0.594. The van der Waals surface area contributed by atoms with Gasteiger partial charge in [-0.25, -0.2) is 0 Å². The SMILES string of the molecule is COC(=O)CN(C)C(=O)c1csc2ccccc12. The highest BCUT2D eigenvalue weighted by Crippen LogP contribution is 2.26. The molecule has 0 atom stereocenters. The van der Waals surface area contributed by atoms with Crippen LogP contribution in [0.3, 0.4) is 0 Å². The van der Waals surface area contributed by atoms with Crippen LogP contribution >= 0.6 is 11.3 Å².